The molecule has 1 heterocycles. The maximum absolute atomic E-state index is 12.7. The average molecular weight is 342 g/mol. The molecule has 0 fully saturated rings. The normalized spacial score (nSPS) is 10.9. The topological polar surface area (TPSA) is 39.4 Å². The van der Waals surface area contributed by atoms with Gasteiger partial charge in [0.1, 0.15) is 5.58 Å². The second-order valence-electron chi connectivity index (χ2n) is 6.08. The van der Waals surface area contributed by atoms with Gasteiger partial charge in [-0.1, -0.05) is 78.9 Å². The van der Waals surface area contributed by atoms with Gasteiger partial charge in [-0.05, 0) is 17.2 Å². The van der Waals surface area contributed by atoms with Gasteiger partial charge in [0.15, 0.2) is 0 Å². The molecule has 0 aliphatic carbocycles. The zero-order chi connectivity index (χ0) is 17.8. The molecule has 4 aromatic rings. The van der Waals surface area contributed by atoms with E-state index in [1.165, 1.54) is 0 Å². The molecular weight excluding hydrogens is 324 g/mol. The van der Waals surface area contributed by atoms with Crippen LogP contribution in [0.3, 0.4) is 0 Å². The summed E-state index contributed by atoms with van der Waals surface area (Å²) in [6, 6.07) is 27.2. The van der Waals surface area contributed by atoms with Crippen molar-refractivity contribution in [2.24, 2.45) is 0 Å². The minimum atomic E-state index is -0.340. The van der Waals surface area contributed by atoms with Crippen LogP contribution in [0.2, 0.25) is 0 Å². The Bertz CT molecular complexity index is 1070. The van der Waals surface area contributed by atoms with Crippen molar-refractivity contribution < 1.29 is 9.15 Å². The van der Waals surface area contributed by atoms with Crippen molar-refractivity contribution in [1.82, 2.24) is 0 Å². The quantitative estimate of drug-likeness (QED) is 0.469. The second-order valence-corrected chi connectivity index (χ2v) is 6.08. The standard InChI is InChI=1S/C23H18O3/c24-23-22(18-11-5-2-6-12-18)20(19-13-7-8-14-21(19)26-23)16-25-15-17-9-3-1-4-10-17/h1-14H,15-16H2. The van der Waals surface area contributed by atoms with Crippen molar-refractivity contribution in [3.05, 3.63) is 106 Å². The Balaban J connectivity index is 1.76. The van der Waals surface area contributed by atoms with Gasteiger partial charge in [0.05, 0.1) is 18.8 Å². The Hall–Kier alpha value is -3.17. The van der Waals surface area contributed by atoms with Crippen molar-refractivity contribution in [3.8, 4) is 11.1 Å². The molecule has 0 saturated carbocycles. The summed E-state index contributed by atoms with van der Waals surface area (Å²) in [6.45, 7) is 0.828. The molecule has 0 spiro atoms. The molecule has 3 nitrogen and oxygen atoms in total. The van der Waals surface area contributed by atoms with Gasteiger partial charge in [0.25, 0.3) is 0 Å². The van der Waals surface area contributed by atoms with E-state index in [1.807, 2.05) is 84.9 Å². The number of rotatable bonds is 5. The minimum Gasteiger partial charge on any atom is -0.422 e. The van der Waals surface area contributed by atoms with E-state index in [4.69, 9.17) is 9.15 Å². The highest BCUT2D eigenvalue weighted by Gasteiger charge is 2.16. The summed E-state index contributed by atoms with van der Waals surface area (Å²) in [5.41, 5.74) is 3.60. The van der Waals surface area contributed by atoms with E-state index in [2.05, 4.69) is 0 Å². The Kier molecular flexibility index (Phi) is 4.63. The molecule has 0 atom stereocenters. The summed E-state index contributed by atoms with van der Waals surface area (Å²) in [5, 5.41) is 0.902. The summed E-state index contributed by atoms with van der Waals surface area (Å²) in [4.78, 5) is 12.7. The number of fused-ring (bicyclic) bond motifs is 1. The van der Waals surface area contributed by atoms with Crippen molar-refractivity contribution >= 4 is 11.0 Å². The molecular formula is C23H18O3. The fraction of sp³-hybridized carbons (Fsp3) is 0.0870. The third-order valence-electron chi connectivity index (χ3n) is 4.34. The highest BCUT2D eigenvalue weighted by Crippen LogP contribution is 2.28. The Morgan fingerprint density at radius 1 is 0.731 bits per heavy atom. The van der Waals surface area contributed by atoms with Crippen molar-refractivity contribution in [1.29, 1.82) is 0 Å². The van der Waals surface area contributed by atoms with Crippen LogP contribution in [0.4, 0.5) is 0 Å². The van der Waals surface area contributed by atoms with Crippen molar-refractivity contribution in [2.45, 2.75) is 13.2 Å². The average Bonchev–Trinajstić information content (AvgIpc) is 2.69. The van der Waals surface area contributed by atoms with Gasteiger partial charge in [0.2, 0.25) is 0 Å². The van der Waals surface area contributed by atoms with Crippen LogP contribution >= 0.6 is 0 Å². The first-order valence-electron chi connectivity index (χ1n) is 8.55. The molecule has 128 valence electrons. The van der Waals surface area contributed by atoms with Gasteiger partial charge in [0, 0.05) is 10.9 Å². The van der Waals surface area contributed by atoms with Crippen LogP contribution in [0.1, 0.15) is 11.1 Å². The van der Waals surface area contributed by atoms with E-state index in [0.29, 0.717) is 24.4 Å². The Morgan fingerprint density at radius 3 is 2.15 bits per heavy atom. The van der Waals surface area contributed by atoms with Crippen LogP contribution in [-0.4, -0.2) is 0 Å². The first-order chi connectivity index (χ1) is 12.8. The molecule has 4 rings (SSSR count). The summed E-state index contributed by atoms with van der Waals surface area (Å²) < 4.78 is 11.5. The van der Waals surface area contributed by atoms with Crippen LogP contribution in [0.25, 0.3) is 22.1 Å². The largest absolute Gasteiger partial charge is 0.422 e. The molecule has 0 aliphatic heterocycles. The van der Waals surface area contributed by atoms with Crippen LogP contribution in [-0.2, 0) is 18.0 Å². The highest BCUT2D eigenvalue weighted by atomic mass is 16.5. The van der Waals surface area contributed by atoms with E-state index in [9.17, 15) is 4.79 Å². The fourth-order valence-corrected chi connectivity index (χ4v) is 3.11. The Morgan fingerprint density at radius 2 is 1.38 bits per heavy atom. The highest BCUT2D eigenvalue weighted by molar-refractivity contribution is 5.86. The van der Waals surface area contributed by atoms with E-state index in [1.54, 1.807) is 0 Å². The molecule has 0 radical (unpaired) electrons. The van der Waals surface area contributed by atoms with Crippen LogP contribution in [0.5, 0.6) is 0 Å². The molecule has 26 heavy (non-hydrogen) atoms. The van der Waals surface area contributed by atoms with E-state index in [0.717, 1.165) is 22.1 Å². The Labute approximate surface area is 151 Å². The second kappa shape index (κ2) is 7.38. The lowest BCUT2D eigenvalue weighted by molar-refractivity contribution is 0.108. The lowest BCUT2D eigenvalue weighted by Crippen LogP contribution is -2.09. The van der Waals surface area contributed by atoms with Crippen molar-refractivity contribution in [3.63, 3.8) is 0 Å². The summed E-state index contributed by atoms with van der Waals surface area (Å²) in [6.07, 6.45) is 0. The van der Waals surface area contributed by atoms with E-state index < -0.39 is 0 Å². The predicted molar refractivity (Wildman–Crippen MR) is 103 cm³/mol. The SMILES string of the molecule is O=c1oc2ccccc2c(COCc2ccccc2)c1-c1ccccc1. The van der Waals surface area contributed by atoms with Gasteiger partial charge in [-0.3, -0.25) is 0 Å². The molecule has 1 aromatic heterocycles. The van der Waals surface area contributed by atoms with Gasteiger partial charge < -0.3 is 9.15 Å². The molecule has 0 amide bonds. The van der Waals surface area contributed by atoms with Crippen molar-refractivity contribution in [2.75, 3.05) is 0 Å². The van der Waals surface area contributed by atoms with Gasteiger partial charge in [-0.2, -0.15) is 0 Å². The summed E-state index contributed by atoms with van der Waals surface area (Å²) in [5.74, 6) is 0. The summed E-state index contributed by atoms with van der Waals surface area (Å²) in [7, 11) is 0. The number of para-hydroxylation sites is 1. The third-order valence-corrected chi connectivity index (χ3v) is 4.34. The van der Waals surface area contributed by atoms with Gasteiger partial charge in [-0.25, -0.2) is 4.79 Å². The fourth-order valence-electron chi connectivity index (χ4n) is 3.11. The number of benzene rings is 3. The van der Waals surface area contributed by atoms with Gasteiger partial charge >= 0.3 is 5.63 Å². The van der Waals surface area contributed by atoms with Crippen LogP contribution < -0.4 is 5.63 Å². The zero-order valence-corrected chi connectivity index (χ0v) is 14.2. The number of ether oxygens (including phenoxy) is 1. The molecule has 0 bridgehead atoms. The zero-order valence-electron chi connectivity index (χ0n) is 14.2. The molecule has 3 heteroatoms. The number of hydrogen-bond acceptors (Lipinski definition) is 3. The molecule has 0 aliphatic rings. The first-order valence-corrected chi connectivity index (χ1v) is 8.55. The maximum Gasteiger partial charge on any atom is 0.344 e. The maximum atomic E-state index is 12.7. The first kappa shape index (κ1) is 16.3. The predicted octanol–water partition coefficient (Wildman–Crippen LogP) is 5.18. The van der Waals surface area contributed by atoms with Crippen LogP contribution in [0.15, 0.2) is 94.1 Å². The molecule has 0 N–H and O–H groups in total. The number of hydrogen-bond donors (Lipinski definition) is 0. The molecule has 3 aromatic carbocycles. The van der Waals surface area contributed by atoms with E-state index >= 15 is 0 Å². The minimum absolute atomic E-state index is 0.339. The monoisotopic (exact) mass is 342 g/mol. The lowest BCUT2D eigenvalue weighted by Gasteiger charge is -2.12. The van der Waals surface area contributed by atoms with Gasteiger partial charge in [-0.15, -0.1) is 0 Å². The third kappa shape index (κ3) is 3.30. The van der Waals surface area contributed by atoms with E-state index in [-0.39, 0.29) is 5.63 Å². The summed E-state index contributed by atoms with van der Waals surface area (Å²) >= 11 is 0. The smallest absolute Gasteiger partial charge is 0.344 e. The molecule has 0 unspecified atom stereocenters. The lowest BCUT2D eigenvalue weighted by atomic mass is 9.99. The van der Waals surface area contributed by atoms with Crippen LogP contribution in [0, 0.1) is 0 Å². The molecule has 0 saturated heterocycles.